The van der Waals surface area contributed by atoms with Crippen LogP contribution in [0.1, 0.15) is 48.0 Å². The van der Waals surface area contributed by atoms with Crippen LogP contribution in [0.4, 0.5) is 0 Å². The van der Waals surface area contributed by atoms with Gasteiger partial charge in [0.25, 0.3) is 0 Å². The van der Waals surface area contributed by atoms with Crippen molar-refractivity contribution in [1.29, 1.82) is 0 Å². The summed E-state index contributed by atoms with van der Waals surface area (Å²) in [6, 6.07) is 0. The summed E-state index contributed by atoms with van der Waals surface area (Å²) in [6.07, 6.45) is -0.292. The molecule has 0 rings (SSSR count). The molecule has 0 aromatic heterocycles. The maximum Gasteiger partial charge on any atom is 0.317 e. The highest BCUT2D eigenvalue weighted by Crippen LogP contribution is 1.98. The largest absolute Gasteiger partial charge is 0.465 e. The number of hydrogen-bond acceptors (Lipinski definition) is 4. The van der Waals surface area contributed by atoms with Crippen molar-refractivity contribution in [3.8, 4) is 0 Å². The van der Waals surface area contributed by atoms with Crippen LogP contribution in [0, 0.1) is 11.8 Å². The molecular formula is C14H27ClO4. The molecule has 0 bridgehead atoms. The lowest BCUT2D eigenvalue weighted by Gasteiger charge is -2.08. The Labute approximate surface area is 121 Å². The van der Waals surface area contributed by atoms with E-state index in [0.29, 0.717) is 18.6 Å². The molecule has 0 radical (unpaired) electrons. The van der Waals surface area contributed by atoms with Crippen molar-refractivity contribution in [3.05, 3.63) is 0 Å². The minimum atomic E-state index is -0.516. The van der Waals surface area contributed by atoms with Crippen LogP contribution in [0.15, 0.2) is 0 Å². The molecular weight excluding hydrogens is 268 g/mol. The minimum absolute atomic E-state index is 0.278. The van der Waals surface area contributed by atoms with E-state index in [1.165, 1.54) is 0 Å². The number of esters is 2. The van der Waals surface area contributed by atoms with Crippen molar-refractivity contribution in [3.63, 3.8) is 0 Å². The van der Waals surface area contributed by atoms with E-state index in [1.54, 1.807) is 0 Å². The van der Waals surface area contributed by atoms with E-state index < -0.39 is 11.9 Å². The van der Waals surface area contributed by atoms with E-state index in [0.717, 1.165) is 0 Å². The summed E-state index contributed by atoms with van der Waals surface area (Å²) in [5.41, 5.74) is 0. The molecule has 5 heteroatoms. The van der Waals surface area contributed by atoms with Crippen LogP contribution in [-0.2, 0) is 19.1 Å². The first-order valence-electron chi connectivity index (χ1n) is 6.60. The molecule has 0 aromatic carbocycles. The van der Waals surface area contributed by atoms with Gasteiger partial charge in [0.05, 0.1) is 13.2 Å². The SMILES string of the molecule is CC(C)COC(=O)CC(=O)OCC(C)C.CC(C)Cl. The summed E-state index contributed by atoms with van der Waals surface area (Å²) in [5, 5.41) is 0.306. The molecule has 0 fully saturated rings. The Morgan fingerprint density at radius 1 is 0.842 bits per heavy atom. The molecule has 0 spiro atoms. The summed E-state index contributed by atoms with van der Waals surface area (Å²) >= 11 is 5.27. The highest BCUT2D eigenvalue weighted by atomic mass is 35.5. The molecule has 0 aliphatic heterocycles. The summed E-state index contributed by atoms with van der Waals surface area (Å²) < 4.78 is 9.68. The van der Waals surface area contributed by atoms with E-state index in [9.17, 15) is 9.59 Å². The van der Waals surface area contributed by atoms with Crippen molar-refractivity contribution < 1.29 is 19.1 Å². The Hall–Kier alpha value is -0.770. The maximum atomic E-state index is 11.1. The summed E-state index contributed by atoms with van der Waals surface area (Å²) in [6.45, 7) is 12.3. The van der Waals surface area contributed by atoms with Crippen molar-refractivity contribution in [1.82, 2.24) is 0 Å². The molecule has 0 saturated heterocycles. The first-order chi connectivity index (χ1) is 8.65. The van der Waals surface area contributed by atoms with E-state index in [2.05, 4.69) is 0 Å². The van der Waals surface area contributed by atoms with Crippen molar-refractivity contribution in [2.75, 3.05) is 13.2 Å². The van der Waals surface area contributed by atoms with E-state index in [1.807, 2.05) is 41.5 Å². The Kier molecular flexibility index (Phi) is 13.3. The predicted molar refractivity (Wildman–Crippen MR) is 77.2 cm³/mol. The van der Waals surface area contributed by atoms with Crippen molar-refractivity contribution >= 4 is 23.5 Å². The van der Waals surface area contributed by atoms with Crippen molar-refractivity contribution in [2.24, 2.45) is 11.8 Å². The van der Waals surface area contributed by atoms with E-state index in [4.69, 9.17) is 21.1 Å². The van der Waals surface area contributed by atoms with Crippen LogP contribution < -0.4 is 0 Å². The van der Waals surface area contributed by atoms with Gasteiger partial charge in [-0.2, -0.15) is 0 Å². The molecule has 0 amide bonds. The molecule has 0 heterocycles. The first kappa shape index (κ1) is 20.5. The van der Waals surface area contributed by atoms with Gasteiger partial charge in [-0.3, -0.25) is 9.59 Å². The van der Waals surface area contributed by atoms with Gasteiger partial charge in [-0.15, -0.1) is 11.6 Å². The maximum absolute atomic E-state index is 11.1. The zero-order valence-corrected chi connectivity index (χ0v) is 13.6. The highest BCUT2D eigenvalue weighted by Gasteiger charge is 2.12. The molecule has 0 aliphatic rings. The number of carbonyl (C=O) groups excluding carboxylic acids is 2. The Balaban J connectivity index is 0. The average molecular weight is 295 g/mol. The van der Waals surface area contributed by atoms with Gasteiger partial charge < -0.3 is 9.47 Å². The van der Waals surface area contributed by atoms with Gasteiger partial charge in [-0.25, -0.2) is 0 Å². The molecule has 19 heavy (non-hydrogen) atoms. The molecule has 4 nitrogen and oxygen atoms in total. The second-order valence-electron chi connectivity index (χ2n) is 5.34. The number of hydrogen-bond donors (Lipinski definition) is 0. The van der Waals surface area contributed by atoms with Gasteiger partial charge in [0.1, 0.15) is 6.42 Å². The predicted octanol–water partition coefficient (Wildman–Crippen LogP) is 3.41. The zero-order valence-electron chi connectivity index (χ0n) is 12.9. The molecule has 0 N–H and O–H groups in total. The van der Waals surface area contributed by atoms with Crippen LogP contribution in [0.2, 0.25) is 0 Å². The molecule has 0 saturated carbocycles. The van der Waals surface area contributed by atoms with Gasteiger partial charge in [-0.1, -0.05) is 27.7 Å². The fourth-order valence-corrected chi connectivity index (χ4v) is 0.739. The van der Waals surface area contributed by atoms with Crippen LogP contribution >= 0.6 is 11.6 Å². The lowest BCUT2D eigenvalue weighted by atomic mass is 10.2. The number of alkyl halides is 1. The lowest BCUT2D eigenvalue weighted by molar-refractivity contribution is -0.155. The van der Waals surface area contributed by atoms with E-state index in [-0.39, 0.29) is 18.3 Å². The minimum Gasteiger partial charge on any atom is -0.465 e. The third-order valence-electron chi connectivity index (χ3n) is 1.44. The van der Waals surface area contributed by atoms with Crippen LogP contribution in [0.5, 0.6) is 0 Å². The number of ether oxygens (including phenoxy) is 2. The normalized spacial score (nSPS) is 10.2. The topological polar surface area (TPSA) is 52.6 Å². The smallest absolute Gasteiger partial charge is 0.317 e. The third kappa shape index (κ3) is 22.8. The van der Waals surface area contributed by atoms with Crippen LogP contribution in [0.25, 0.3) is 0 Å². The average Bonchev–Trinajstić information content (AvgIpc) is 2.22. The molecule has 0 aromatic rings. The Morgan fingerprint density at radius 2 is 1.11 bits per heavy atom. The third-order valence-corrected chi connectivity index (χ3v) is 1.44. The van der Waals surface area contributed by atoms with Gasteiger partial charge in [0.2, 0.25) is 0 Å². The second-order valence-corrected chi connectivity index (χ2v) is 6.22. The van der Waals surface area contributed by atoms with Crippen LogP contribution in [0.3, 0.4) is 0 Å². The molecule has 114 valence electrons. The number of rotatable bonds is 6. The second kappa shape index (κ2) is 12.3. The first-order valence-corrected chi connectivity index (χ1v) is 7.04. The van der Waals surface area contributed by atoms with Gasteiger partial charge in [-0.05, 0) is 25.7 Å². The van der Waals surface area contributed by atoms with Crippen molar-refractivity contribution in [2.45, 2.75) is 53.3 Å². The molecule has 0 unspecified atom stereocenters. The van der Waals surface area contributed by atoms with Gasteiger partial charge in [0.15, 0.2) is 0 Å². The Morgan fingerprint density at radius 3 is 1.32 bits per heavy atom. The van der Waals surface area contributed by atoms with Gasteiger partial charge >= 0.3 is 11.9 Å². The standard InChI is InChI=1S/C11H20O4.C3H7Cl/c1-8(2)6-14-10(12)5-11(13)15-7-9(3)4;1-3(2)4/h8-9H,5-7H2,1-4H3;3H,1-2H3. The lowest BCUT2D eigenvalue weighted by Crippen LogP contribution is -2.17. The quantitative estimate of drug-likeness (QED) is 0.428. The Bertz CT molecular complexity index is 225. The summed E-state index contributed by atoms with van der Waals surface area (Å²) in [4.78, 5) is 22.2. The fourth-order valence-electron chi connectivity index (χ4n) is 0.739. The summed E-state index contributed by atoms with van der Waals surface area (Å²) in [7, 11) is 0. The monoisotopic (exact) mass is 294 g/mol. The van der Waals surface area contributed by atoms with Crippen LogP contribution in [-0.4, -0.2) is 30.5 Å². The highest BCUT2D eigenvalue weighted by molar-refractivity contribution is 6.20. The zero-order chi connectivity index (χ0) is 15.4. The summed E-state index contributed by atoms with van der Waals surface area (Å²) in [5.74, 6) is -0.476. The number of halogens is 1. The molecule has 0 aliphatic carbocycles. The number of carbonyl (C=O) groups is 2. The fraction of sp³-hybridized carbons (Fsp3) is 0.857. The molecule has 0 atom stereocenters. The van der Waals surface area contributed by atoms with Gasteiger partial charge in [0, 0.05) is 5.38 Å². The van der Waals surface area contributed by atoms with E-state index >= 15 is 0 Å².